The third kappa shape index (κ3) is 4.82. The van der Waals surface area contributed by atoms with Crippen molar-refractivity contribution in [2.75, 3.05) is 13.7 Å². The Kier molecular flexibility index (Phi) is 6.67. The minimum Gasteiger partial charge on any atom is -0.497 e. The molecule has 0 aliphatic carbocycles. The zero-order chi connectivity index (χ0) is 21.1. The number of thioether (sulfide) groups is 1. The molecule has 0 aromatic heterocycles. The summed E-state index contributed by atoms with van der Waals surface area (Å²) < 4.78 is 30.1. The maximum Gasteiger partial charge on any atom is 0.164 e. The number of rotatable bonds is 7. The van der Waals surface area contributed by atoms with Crippen molar-refractivity contribution in [3.8, 4) is 5.75 Å². The van der Waals surface area contributed by atoms with Gasteiger partial charge in [0.1, 0.15) is 35.6 Å². The molecule has 0 unspecified atom stereocenters. The SMILES string of the molecule is COc1ccc(CO[C@H]2[C@@H]3OC(C)(C)O[C@@H]3[C@@H](Sc3ccccc3)O[C@@H]2CO)cc1. The highest BCUT2D eigenvalue weighted by Crippen LogP contribution is 2.43. The minimum atomic E-state index is -0.750. The van der Waals surface area contributed by atoms with E-state index in [9.17, 15) is 5.11 Å². The lowest BCUT2D eigenvalue weighted by atomic mass is 10.00. The molecule has 0 radical (unpaired) electrons. The minimum absolute atomic E-state index is 0.161. The lowest BCUT2D eigenvalue weighted by Gasteiger charge is -2.41. The second-order valence-electron chi connectivity index (χ2n) is 7.84. The van der Waals surface area contributed by atoms with E-state index in [4.69, 9.17) is 23.7 Å². The molecule has 0 saturated carbocycles. The van der Waals surface area contributed by atoms with Crippen LogP contribution in [-0.4, -0.2) is 54.5 Å². The van der Waals surface area contributed by atoms with Gasteiger partial charge in [-0.3, -0.25) is 0 Å². The van der Waals surface area contributed by atoms with E-state index in [-0.39, 0.29) is 24.3 Å². The molecule has 7 heteroatoms. The largest absolute Gasteiger partial charge is 0.497 e. The zero-order valence-electron chi connectivity index (χ0n) is 17.4. The summed E-state index contributed by atoms with van der Waals surface area (Å²) in [5, 5.41) is 10.0. The molecule has 162 valence electrons. The standard InChI is InChI=1S/C23H28O6S/c1-23(2)28-20-19(26-14-15-9-11-16(25-3)12-10-15)18(13-24)27-22(21(20)29-23)30-17-7-5-4-6-8-17/h4-12,18-22,24H,13-14H2,1-3H3/t18-,19-,20+,21+,22-/m1/s1. The molecule has 4 rings (SSSR count). The first-order chi connectivity index (χ1) is 14.5. The van der Waals surface area contributed by atoms with Gasteiger partial charge in [0.05, 0.1) is 20.3 Å². The molecule has 0 spiro atoms. The molecule has 0 amide bonds. The fraction of sp³-hybridized carbons (Fsp3) is 0.478. The van der Waals surface area contributed by atoms with Crippen LogP contribution >= 0.6 is 11.8 Å². The summed E-state index contributed by atoms with van der Waals surface area (Å²) in [6.07, 6.45) is -1.61. The summed E-state index contributed by atoms with van der Waals surface area (Å²) >= 11 is 1.57. The Labute approximate surface area is 181 Å². The van der Waals surface area contributed by atoms with Gasteiger partial charge in [-0.25, -0.2) is 0 Å². The third-order valence-electron chi connectivity index (χ3n) is 5.21. The smallest absolute Gasteiger partial charge is 0.164 e. The molecule has 2 aromatic carbocycles. The Morgan fingerprint density at radius 2 is 1.70 bits per heavy atom. The first kappa shape index (κ1) is 21.6. The van der Waals surface area contributed by atoms with Gasteiger partial charge in [0.2, 0.25) is 0 Å². The number of aliphatic hydroxyl groups is 1. The summed E-state index contributed by atoms with van der Waals surface area (Å²) in [6.45, 7) is 4.00. The monoisotopic (exact) mass is 432 g/mol. The fourth-order valence-electron chi connectivity index (χ4n) is 3.81. The van der Waals surface area contributed by atoms with Gasteiger partial charge in [-0.1, -0.05) is 42.1 Å². The van der Waals surface area contributed by atoms with E-state index in [1.54, 1.807) is 18.9 Å². The maximum atomic E-state index is 10.0. The van der Waals surface area contributed by atoms with Crippen LogP contribution in [0.5, 0.6) is 5.75 Å². The van der Waals surface area contributed by atoms with Crippen LogP contribution in [-0.2, 0) is 25.6 Å². The quantitative estimate of drug-likeness (QED) is 0.717. The molecule has 6 nitrogen and oxygen atoms in total. The van der Waals surface area contributed by atoms with Crippen molar-refractivity contribution in [1.29, 1.82) is 0 Å². The van der Waals surface area contributed by atoms with Crippen molar-refractivity contribution < 1.29 is 28.8 Å². The first-order valence-corrected chi connectivity index (χ1v) is 11.0. The van der Waals surface area contributed by atoms with Crippen LogP contribution in [0.4, 0.5) is 0 Å². The first-order valence-electron chi connectivity index (χ1n) is 10.1. The van der Waals surface area contributed by atoms with Crippen molar-refractivity contribution in [2.24, 2.45) is 0 Å². The predicted octanol–water partition coefficient (Wildman–Crippen LogP) is 3.61. The summed E-state index contributed by atoms with van der Waals surface area (Å²) in [5.74, 6) is 0.0448. The van der Waals surface area contributed by atoms with Crippen molar-refractivity contribution in [2.45, 2.75) is 61.0 Å². The normalized spacial score (nSPS) is 30.1. The third-order valence-corrected chi connectivity index (χ3v) is 6.36. The molecule has 30 heavy (non-hydrogen) atoms. The van der Waals surface area contributed by atoms with Gasteiger partial charge < -0.3 is 28.8 Å². The summed E-state index contributed by atoms with van der Waals surface area (Å²) in [7, 11) is 1.64. The molecule has 2 aliphatic heterocycles. The van der Waals surface area contributed by atoms with Crippen LogP contribution in [0, 0.1) is 0 Å². The van der Waals surface area contributed by atoms with Gasteiger partial charge in [0.15, 0.2) is 5.79 Å². The summed E-state index contributed by atoms with van der Waals surface area (Å²) in [6, 6.07) is 17.7. The molecule has 1 N–H and O–H groups in total. The van der Waals surface area contributed by atoms with Crippen molar-refractivity contribution in [1.82, 2.24) is 0 Å². The van der Waals surface area contributed by atoms with Gasteiger partial charge in [-0.05, 0) is 43.7 Å². The number of hydrogen-bond donors (Lipinski definition) is 1. The number of hydrogen-bond acceptors (Lipinski definition) is 7. The van der Waals surface area contributed by atoms with E-state index >= 15 is 0 Å². The Morgan fingerprint density at radius 3 is 2.37 bits per heavy atom. The number of methoxy groups -OCH3 is 1. The van der Waals surface area contributed by atoms with E-state index in [1.165, 1.54) is 0 Å². The van der Waals surface area contributed by atoms with E-state index in [1.807, 2.05) is 68.4 Å². The van der Waals surface area contributed by atoms with Crippen LogP contribution < -0.4 is 4.74 Å². The second-order valence-corrected chi connectivity index (χ2v) is 9.02. The van der Waals surface area contributed by atoms with Gasteiger partial charge >= 0.3 is 0 Å². The number of fused-ring (bicyclic) bond motifs is 1. The molecule has 2 heterocycles. The Bertz CT molecular complexity index is 812. The Balaban J connectivity index is 1.50. The number of ether oxygens (including phenoxy) is 5. The van der Waals surface area contributed by atoms with Crippen LogP contribution in [0.15, 0.2) is 59.5 Å². The molecule has 2 saturated heterocycles. The van der Waals surface area contributed by atoms with Gasteiger partial charge in [-0.2, -0.15) is 0 Å². The molecular weight excluding hydrogens is 404 g/mol. The maximum absolute atomic E-state index is 10.0. The highest BCUT2D eigenvalue weighted by molar-refractivity contribution is 7.99. The number of aliphatic hydroxyl groups excluding tert-OH is 1. The Hall–Kier alpha value is -1.61. The van der Waals surface area contributed by atoms with Gasteiger partial charge in [0, 0.05) is 4.90 Å². The number of benzene rings is 2. The van der Waals surface area contributed by atoms with E-state index in [0.717, 1.165) is 16.2 Å². The molecule has 5 atom stereocenters. The fourth-order valence-corrected chi connectivity index (χ4v) is 4.94. The molecule has 2 fully saturated rings. The summed E-state index contributed by atoms with van der Waals surface area (Å²) in [4.78, 5) is 1.07. The molecule has 0 bridgehead atoms. The van der Waals surface area contributed by atoms with Crippen molar-refractivity contribution in [3.05, 3.63) is 60.2 Å². The van der Waals surface area contributed by atoms with Crippen molar-refractivity contribution >= 4 is 11.8 Å². The van der Waals surface area contributed by atoms with Crippen LogP contribution in [0.2, 0.25) is 0 Å². The van der Waals surface area contributed by atoms with Gasteiger partial charge in [0.25, 0.3) is 0 Å². The lowest BCUT2D eigenvalue weighted by molar-refractivity contribution is -0.196. The average molecular weight is 433 g/mol. The second kappa shape index (κ2) is 9.26. The predicted molar refractivity (Wildman–Crippen MR) is 113 cm³/mol. The van der Waals surface area contributed by atoms with Crippen LogP contribution in [0.1, 0.15) is 19.4 Å². The van der Waals surface area contributed by atoms with Gasteiger partial charge in [-0.15, -0.1) is 0 Å². The van der Waals surface area contributed by atoms with E-state index in [2.05, 4.69) is 0 Å². The molecule has 2 aliphatic rings. The lowest BCUT2D eigenvalue weighted by Crippen LogP contribution is -2.57. The average Bonchev–Trinajstić information content (AvgIpc) is 3.09. The highest BCUT2D eigenvalue weighted by atomic mass is 32.2. The van der Waals surface area contributed by atoms with E-state index < -0.39 is 18.0 Å². The Morgan fingerprint density at radius 1 is 1.00 bits per heavy atom. The van der Waals surface area contributed by atoms with Crippen molar-refractivity contribution in [3.63, 3.8) is 0 Å². The van der Waals surface area contributed by atoms with Crippen LogP contribution in [0.25, 0.3) is 0 Å². The van der Waals surface area contributed by atoms with E-state index in [0.29, 0.717) is 6.61 Å². The summed E-state index contributed by atoms with van der Waals surface area (Å²) in [5.41, 5.74) is 0.695. The highest BCUT2D eigenvalue weighted by Gasteiger charge is 2.55. The topological polar surface area (TPSA) is 66.4 Å². The zero-order valence-corrected chi connectivity index (χ0v) is 18.2. The van der Waals surface area contributed by atoms with Crippen LogP contribution in [0.3, 0.4) is 0 Å². The molecular formula is C23H28O6S. The molecule has 2 aromatic rings.